The molecule has 2 amide bonds. The summed E-state index contributed by atoms with van der Waals surface area (Å²) >= 11 is 6.55. The topological polar surface area (TPSA) is 75.7 Å². The molecule has 3 aromatic rings. The number of methoxy groups -OCH3 is 1. The van der Waals surface area contributed by atoms with Gasteiger partial charge in [0.25, 0.3) is 0 Å². The number of imide groups is 1. The number of nitrogens with zero attached hydrogens (tertiary/aromatic N) is 1. The zero-order valence-electron chi connectivity index (χ0n) is 19.2. The highest BCUT2D eigenvalue weighted by Gasteiger charge is 2.68. The number of fused-ring (bicyclic) bond motifs is 1. The molecule has 0 aromatic heterocycles. The molecule has 0 radical (unpaired) electrons. The fourth-order valence-electron chi connectivity index (χ4n) is 5.50. The average Bonchev–Trinajstić information content (AvgIpc) is 3.34. The molecule has 2 saturated heterocycles. The molecule has 0 bridgehead atoms. The van der Waals surface area contributed by atoms with E-state index in [0.29, 0.717) is 10.6 Å². The molecule has 178 valence electrons. The molecular formula is C28H25ClN2O4. The SMILES string of the molecule is COC(=O)[C@]1(Cc2ccccc2)N[C@H](c2ccccc2Cl)[C@@H]2C(=O)N(Cc3ccccc3)C(=O)[C@H]21. The van der Waals surface area contributed by atoms with Crippen LogP contribution in [0.3, 0.4) is 0 Å². The van der Waals surface area contributed by atoms with Crippen LogP contribution in [-0.2, 0) is 32.1 Å². The van der Waals surface area contributed by atoms with Crippen molar-refractivity contribution in [2.45, 2.75) is 24.5 Å². The quantitative estimate of drug-likeness (QED) is 0.420. The first-order valence-electron chi connectivity index (χ1n) is 11.5. The van der Waals surface area contributed by atoms with Crippen LogP contribution in [0.5, 0.6) is 0 Å². The lowest BCUT2D eigenvalue weighted by molar-refractivity contribution is -0.154. The molecule has 4 atom stereocenters. The van der Waals surface area contributed by atoms with Crippen molar-refractivity contribution >= 4 is 29.4 Å². The van der Waals surface area contributed by atoms with E-state index in [1.807, 2.05) is 72.8 Å². The minimum atomic E-state index is -1.43. The Kier molecular flexibility index (Phi) is 6.17. The predicted octanol–water partition coefficient (Wildman–Crippen LogP) is 3.94. The molecule has 2 aliphatic rings. The average molecular weight is 489 g/mol. The number of hydrogen-bond donors (Lipinski definition) is 1. The molecule has 0 saturated carbocycles. The van der Waals surface area contributed by atoms with Crippen molar-refractivity contribution in [1.82, 2.24) is 10.2 Å². The number of rotatable bonds is 6. The lowest BCUT2D eigenvalue weighted by Crippen LogP contribution is -2.57. The second-order valence-electron chi connectivity index (χ2n) is 9.02. The molecule has 0 unspecified atom stereocenters. The van der Waals surface area contributed by atoms with Crippen molar-refractivity contribution in [2.75, 3.05) is 7.11 Å². The molecule has 5 rings (SSSR count). The Balaban J connectivity index is 1.64. The molecule has 3 aromatic carbocycles. The Bertz CT molecular complexity index is 1270. The summed E-state index contributed by atoms with van der Waals surface area (Å²) in [6, 6.07) is 25.4. The van der Waals surface area contributed by atoms with Crippen LogP contribution in [0.2, 0.25) is 5.02 Å². The van der Waals surface area contributed by atoms with E-state index in [1.54, 1.807) is 12.1 Å². The van der Waals surface area contributed by atoms with E-state index in [1.165, 1.54) is 12.0 Å². The molecule has 0 aliphatic carbocycles. The van der Waals surface area contributed by atoms with Crippen molar-refractivity contribution in [3.63, 3.8) is 0 Å². The number of carbonyl (C=O) groups excluding carboxylic acids is 3. The third kappa shape index (κ3) is 3.93. The third-order valence-electron chi connectivity index (χ3n) is 7.04. The van der Waals surface area contributed by atoms with Gasteiger partial charge in [-0.1, -0.05) is 90.5 Å². The van der Waals surface area contributed by atoms with Crippen molar-refractivity contribution in [1.29, 1.82) is 0 Å². The van der Waals surface area contributed by atoms with Gasteiger partial charge in [0.2, 0.25) is 11.8 Å². The summed E-state index contributed by atoms with van der Waals surface area (Å²) in [5.41, 5.74) is 0.933. The summed E-state index contributed by atoms with van der Waals surface area (Å²) in [4.78, 5) is 42.5. The van der Waals surface area contributed by atoms with Gasteiger partial charge in [0, 0.05) is 17.5 Å². The van der Waals surface area contributed by atoms with Crippen LogP contribution in [0, 0.1) is 11.8 Å². The number of amides is 2. The number of nitrogens with one attached hydrogen (secondary N) is 1. The first kappa shape index (κ1) is 23.3. The first-order valence-corrected chi connectivity index (χ1v) is 11.9. The molecule has 35 heavy (non-hydrogen) atoms. The zero-order chi connectivity index (χ0) is 24.6. The Labute approximate surface area is 208 Å². The van der Waals surface area contributed by atoms with Crippen LogP contribution < -0.4 is 5.32 Å². The van der Waals surface area contributed by atoms with Gasteiger partial charge in [-0.25, -0.2) is 0 Å². The maximum atomic E-state index is 13.9. The maximum Gasteiger partial charge on any atom is 0.327 e. The van der Waals surface area contributed by atoms with Gasteiger partial charge in [0.1, 0.15) is 5.54 Å². The highest BCUT2D eigenvalue weighted by Crippen LogP contribution is 2.51. The van der Waals surface area contributed by atoms with E-state index in [4.69, 9.17) is 16.3 Å². The summed E-state index contributed by atoms with van der Waals surface area (Å²) in [6.07, 6.45) is 0.195. The molecule has 6 nitrogen and oxygen atoms in total. The van der Waals surface area contributed by atoms with Crippen LogP contribution in [0.4, 0.5) is 0 Å². The standard InChI is InChI=1S/C28H25ClN2O4/c1-35-27(34)28(16-18-10-4-2-5-11-18)23-22(24(30-28)20-14-8-9-15-21(20)29)25(32)31(26(23)33)17-19-12-6-3-7-13-19/h2-15,22-24,30H,16-17H2,1H3/t22-,23+,24-,28-/m1/s1. The number of esters is 1. The number of benzene rings is 3. The summed E-state index contributed by atoms with van der Waals surface area (Å²) in [5.74, 6) is -3.01. The monoisotopic (exact) mass is 488 g/mol. The van der Waals surface area contributed by atoms with Crippen LogP contribution >= 0.6 is 11.6 Å². The zero-order valence-corrected chi connectivity index (χ0v) is 19.9. The fourth-order valence-corrected chi connectivity index (χ4v) is 5.75. The van der Waals surface area contributed by atoms with Crippen LogP contribution in [0.25, 0.3) is 0 Å². The summed E-state index contributed by atoms with van der Waals surface area (Å²) in [5, 5.41) is 3.84. The van der Waals surface area contributed by atoms with E-state index in [9.17, 15) is 14.4 Å². The van der Waals surface area contributed by atoms with Gasteiger partial charge in [-0.15, -0.1) is 0 Å². The highest BCUT2D eigenvalue weighted by atomic mass is 35.5. The van der Waals surface area contributed by atoms with Gasteiger partial charge in [-0.2, -0.15) is 0 Å². The maximum absolute atomic E-state index is 13.9. The number of halogens is 1. The van der Waals surface area contributed by atoms with E-state index in [0.717, 1.165) is 11.1 Å². The van der Waals surface area contributed by atoms with Crippen molar-refractivity contribution in [3.8, 4) is 0 Å². The number of carbonyl (C=O) groups is 3. The van der Waals surface area contributed by atoms with Gasteiger partial charge >= 0.3 is 5.97 Å². The minimum Gasteiger partial charge on any atom is -0.468 e. The van der Waals surface area contributed by atoms with E-state index >= 15 is 0 Å². The van der Waals surface area contributed by atoms with Crippen LogP contribution in [-0.4, -0.2) is 35.3 Å². The van der Waals surface area contributed by atoms with Crippen LogP contribution in [0.1, 0.15) is 22.7 Å². The van der Waals surface area contributed by atoms with Crippen molar-refractivity contribution in [3.05, 3.63) is 107 Å². The van der Waals surface area contributed by atoms with E-state index < -0.39 is 29.4 Å². The largest absolute Gasteiger partial charge is 0.468 e. The van der Waals surface area contributed by atoms with E-state index in [-0.39, 0.29) is 24.8 Å². The lowest BCUT2D eigenvalue weighted by Gasteiger charge is -2.32. The number of likely N-dealkylation sites (tertiary alicyclic amines) is 1. The normalized spacial score (nSPS) is 25.5. The Morgan fingerprint density at radius 1 is 0.914 bits per heavy atom. The van der Waals surface area contributed by atoms with Crippen molar-refractivity contribution < 1.29 is 19.1 Å². The Morgan fingerprint density at radius 3 is 2.14 bits per heavy atom. The van der Waals surface area contributed by atoms with Gasteiger partial charge in [0.05, 0.1) is 25.5 Å². The first-order chi connectivity index (χ1) is 17.0. The molecule has 7 heteroatoms. The third-order valence-corrected chi connectivity index (χ3v) is 7.39. The van der Waals surface area contributed by atoms with Gasteiger partial charge < -0.3 is 4.74 Å². The lowest BCUT2D eigenvalue weighted by atomic mass is 9.76. The predicted molar refractivity (Wildman–Crippen MR) is 131 cm³/mol. The minimum absolute atomic E-state index is 0.142. The Morgan fingerprint density at radius 2 is 1.51 bits per heavy atom. The second-order valence-corrected chi connectivity index (χ2v) is 9.43. The van der Waals surface area contributed by atoms with Gasteiger partial charge in [0.15, 0.2) is 0 Å². The van der Waals surface area contributed by atoms with Crippen LogP contribution in [0.15, 0.2) is 84.9 Å². The molecule has 2 aliphatic heterocycles. The second kappa shape index (κ2) is 9.29. The highest BCUT2D eigenvalue weighted by molar-refractivity contribution is 6.31. The summed E-state index contributed by atoms with van der Waals surface area (Å²) in [7, 11) is 1.30. The molecule has 2 heterocycles. The molecule has 1 N–H and O–H groups in total. The van der Waals surface area contributed by atoms with Gasteiger partial charge in [-0.3, -0.25) is 24.6 Å². The van der Waals surface area contributed by atoms with Gasteiger partial charge in [-0.05, 0) is 22.8 Å². The number of hydrogen-bond acceptors (Lipinski definition) is 5. The van der Waals surface area contributed by atoms with Crippen molar-refractivity contribution in [2.24, 2.45) is 11.8 Å². The molecule has 0 spiro atoms. The smallest absolute Gasteiger partial charge is 0.327 e. The number of ether oxygens (including phenoxy) is 1. The molecular weight excluding hydrogens is 464 g/mol. The molecule has 2 fully saturated rings. The summed E-state index contributed by atoms with van der Waals surface area (Å²) < 4.78 is 5.25. The fraction of sp³-hybridized carbons (Fsp3) is 0.250. The van der Waals surface area contributed by atoms with E-state index in [2.05, 4.69) is 5.32 Å². The summed E-state index contributed by atoms with van der Waals surface area (Å²) in [6.45, 7) is 0.142. The Hall–Kier alpha value is -3.48.